The van der Waals surface area contributed by atoms with E-state index in [0.717, 1.165) is 12.1 Å². The van der Waals surface area contributed by atoms with E-state index < -0.39 is 35.8 Å². The number of fused-ring (bicyclic) bond motifs is 1. The fourth-order valence-electron chi connectivity index (χ4n) is 2.42. The Kier molecular flexibility index (Phi) is 6.61. The summed E-state index contributed by atoms with van der Waals surface area (Å²) >= 11 is 0. The van der Waals surface area contributed by atoms with Gasteiger partial charge in [-0.3, -0.25) is 4.55 Å². The van der Waals surface area contributed by atoms with Gasteiger partial charge in [0.15, 0.2) is 0 Å². The van der Waals surface area contributed by atoms with Crippen molar-refractivity contribution in [3.63, 3.8) is 0 Å². The van der Waals surface area contributed by atoms with Crippen LogP contribution in [0.5, 0.6) is 5.75 Å². The quantitative estimate of drug-likeness (QED) is 0.338. The molecule has 0 aliphatic rings. The normalized spacial score (nSPS) is 12.2. The van der Waals surface area contributed by atoms with E-state index in [9.17, 15) is 31.0 Å². The Morgan fingerprint density at radius 1 is 0.893 bits per heavy atom. The molecule has 140 valence electrons. The van der Waals surface area contributed by atoms with Gasteiger partial charge in [-0.15, -0.1) is 5.11 Å². The third-order valence-corrected chi connectivity index (χ3v) is 5.29. The van der Waals surface area contributed by atoms with Crippen molar-refractivity contribution in [2.75, 3.05) is 0 Å². The molecular weight excluding hydrogens is 419 g/mol. The summed E-state index contributed by atoms with van der Waals surface area (Å²) < 4.78 is 66.9. The number of rotatable bonds is 4. The van der Waals surface area contributed by atoms with Gasteiger partial charge in [0.2, 0.25) is 0 Å². The molecular formula is C16H11N2NaO7S2. The van der Waals surface area contributed by atoms with Crippen molar-refractivity contribution in [3.8, 4) is 5.75 Å². The molecule has 0 atom stereocenters. The summed E-state index contributed by atoms with van der Waals surface area (Å²) in [6, 6.07) is 12.1. The first kappa shape index (κ1) is 22.4. The minimum absolute atomic E-state index is 0. The topological polar surface area (TPSA) is 157 Å². The zero-order chi connectivity index (χ0) is 19.8. The SMILES string of the molecule is O=S(=O)([O-])c1cc(S(=O)(=O)O)c2c(N=Nc3ccccc3)c(O)ccc2c1.[Na+]. The van der Waals surface area contributed by atoms with Crippen LogP contribution in [0.2, 0.25) is 0 Å². The van der Waals surface area contributed by atoms with Gasteiger partial charge in [0, 0.05) is 5.39 Å². The van der Waals surface area contributed by atoms with Crippen LogP contribution < -0.4 is 29.6 Å². The summed E-state index contributed by atoms with van der Waals surface area (Å²) in [6.07, 6.45) is 0. The Morgan fingerprint density at radius 3 is 2.11 bits per heavy atom. The van der Waals surface area contributed by atoms with Crippen molar-refractivity contribution in [2.45, 2.75) is 9.79 Å². The maximum Gasteiger partial charge on any atom is 1.00 e. The standard InChI is InChI=1S/C16H12N2O7S2.Na/c19-13-7-6-10-8-12(26(20,21)22)9-14(27(23,24)25)15(10)16(13)18-17-11-4-2-1-3-5-11;/h1-9,19H,(H,20,21,22)(H,23,24,25);/q;+1/p-1. The first-order chi connectivity index (χ1) is 12.6. The van der Waals surface area contributed by atoms with Crippen LogP contribution in [0.1, 0.15) is 0 Å². The van der Waals surface area contributed by atoms with Gasteiger partial charge in [-0.2, -0.15) is 13.5 Å². The Hall–Kier alpha value is -1.86. The summed E-state index contributed by atoms with van der Waals surface area (Å²) in [5.74, 6) is -0.454. The van der Waals surface area contributed by atoms with Crippen LogP contribution in [0.4, 0.5) is 11.4 Å². The van der Waals surface area contributed by atoms with Crippen molar-refractivity contribution in [2.24, 2.45) is 10.2 Å². The zero-order valence-corrected chi connectivity index (χ0v) is 18.0. The van der Waals surface area contributed by atoms with Crippen LogP contribution in [0.3, 0.4) is 0 Å². The van der Waals surface area contributed by atoms with Crippen molar-refractivity contribution < 1.29 is 60.6 Å². The second-order valence-corrected chi connectivity index (χ2v) is 8.19. The molecule has 0 amide bonds. The second kappa shape index (κ2) is 8.25. The molecule has 2 N–H and O–H groups in total. The van der Waals surface area contributed by atoms with Gasteiger partial charge in [0.25, 0.3) is 10.1 Å². The Morgan fingerprint density at radius 2 is 1.54 bits per heavy atom. The Labute approximate surface area is 182 Å². The van der Waals surface area contributed by atoms with E-state index >= 15 is 0 Å². The molecule has 0 fully saturated rings. The summed E-state index contributed by atoms with van der Waals surface area (Å²) in [4.78, 5) is -1.73. The summed E-state index contributed by atoms with van der Waals surface area (Å²) in [7, 11) is -9.95. The first-order valence-corrected chi connectivity index (χ1v) is 10.1. The second-order valence-electron chi connectivity index (χ2n) is 5.42. The zero-order valence-electron chi connectivity index (χ0n) is 14.3. The molecule has 0 saturated carbocycles. The number of azo groups is 1. The van der Waals surface area contributed by atoms with E-state index in [1.165, 1.54) is 6.07 Å². The van der Waals surface area contributed by atoms with E-state index in [2.05, 4.69) is 10.2 Å². The summed E-state index contributed by atoms with van der Waals surface area (Å²) in [5, 5.41) is 17.5. The average molecular weight is 430 g/mol. The van der Waals surface area contributed by atoms with Gasteiger partial charge in [0.05, 0.1) is 10.6 Å². The number of phenolic OH excluding ortho intramolecular Hbond substituents is 1. The first-order valence-electron chi connectivity index (χ1n) is 7.27. The molecule has 0 aliphatic heterocycles. The van der Waals surface area contributed by atoms with Crippen LogP contribution in [-0.4, -0.2) is 31.0 Å². The Bertz CT molecular complexity index is 1280. The third-order valence-electron chi connectivity index (χ3n) is 3.59. The molecule has 0 radical (unpaired) electrons. The number of hydrogen-bond acceptors (Lipinski definition) is 8. The van der Waals surface area contributed by atoms with Crippen molar-refractivity contribution in [1.29, 1.82) is 0 Å². The van der Waals surface area contributed by atoms with Gasteiger partial charge < -0.3 is 9.66 Å². The predicted molar refractivity (Wildman–Crippen MR) is 94.0 cm³/mol. The van der Waals surface area contributed by atoms with Crippen molar-refractivity contribution in [3.05, 3.63) is 54.6 Å². The van der Waals surface area contributed by atoms with Crippen molar-refractivity contribution >= 4 is 42.4 Å². The van der Waals surface area contributed by atoms with Crippen LogP contribution in [-0.2, 0) is 20.2 Å². The number of hydrogen-bond donors (Lipinski definition) is 2. The van der Waals surface area contributed by atoms with E-state index in [0.29, 0.717) is 11.8 Å². The predicted octanol–water partition coefficient (Wildman–Crippen LogP) is 0.116. The van der Waals surface area contributed by atoms with E-state index in [1.54, 1.807) is 30.3 Å². The van der Waals surface area contributed by atoms with Crippen LogP contribution in [0.25, 0.3) is 10.8 Å². The molecule has 28 heavy (non-hydrogen) atoms. The van der Waals surface area contributed by atoms with Gasteiger partial charge in [-0.05, 0) is 35.7 Å². The Balaban J connectivity index is 0.00000280. The maximum absolute atomic E-state index is 11.8. The molecule has 0 aromatic heterocycles. The minimum atomic E-state index is -5.00. The van der Waals surface area contributed by atoms with Gasteiger partial charge in [-0.1, -0.05) is 24.3 Å². The molecule has 0 unspecified atom stereocenters. The molecule has 0 heterocycles. The van der Waals surface area contributed by atoms with Gasteiger partial charge in [-0.25, -0.2) is 8.42 Å². The largest absolute Gasteiger partial charge is 1.00 e. The number of benzene rings is 3. The molecule has 0 bridgehead atoms. The molecule has 0 spiro atoms. The molecule has 3 aromatic rings. The van der Waals surface area contributed by atoms with E-state index in [4.69, 9.17) is 0 Å². The van der Waals surface area contributed by atoms with Crippen LogP contribution in [0, 0.1) is 0 Å². The number of nitrogens with zero attached hydrogens (tertiary/aromatic N) is 2. The van der Waals surface area contributed by atoms with E-state index in [1.807, 2.05) is 0 Å². The van der Waals surface area contributed by atoms with Crippen LogP contribution >= 0.6 is 0 Å². The number of phenols is 1. The molecule has 0 saturated heterocycles. The number of aromatic hydroxyl groups is 1. The molecule has 9 nitrogen and oxygen atoms in total. The fourth-order valence-corrected chi connectivity index (χ4v) is 3.78. The monoisotopic (exact) mass is 430 g/mol. The van der Waals surface area contributed by atoms with E-state index in [-0.39, 0.29) is 46.0 Å². The molecule has 0 aliphatic carbocycles. The summed E-state index contributed by atoms with van der Waals surface area (Å²) in [5.41, 5.74) is 0.0971. The molecule has 3 rings (SSSR count). The van der Waals surface area contributed by atoms with Crippen molar-refractivity contribution in [1.82, 2.24) is 0 Å². The van der Waals surface area contributed by atoms with Gasteiger partial charge in [0.1, 0.15) is 26.5 Å². The fraction of sp³-hybridized carbons (Fsp3) is 0. The molecule has 12 heteroatoms. The smallest absolute Gasteiger partial charge is 0.744 e. The minimum Gasteiger partial charge on any atom is -0.744 e. The maximum atomic E-state index is 11.8. The van der Waals surface area contributed by atoms with Crippen LogP contribution in [0.15, 0.2) is 74.6 Å². The molecule has 3 aromatic carbocycles. The summed E-state index contributed by atoms with van der Waals surface area (Å²) in [6.45, 7) is 0. The third kappa shape index (κ3) is 4.75. The average Bonchev–Trinajstić information content (AvgIpc) is 2.59. The van der Waals surface area contributed by atoms with Gasteiger partial charge >= 0.3 is 29.6 Å².